The number of fused-ring (bicyclic) bond motifs is 3. The molecule has 0 radical (unpaired) electrons. The number of hydrogen-bond acceptors (Lipinski definition) is 4. The zero-order valence-electron chi connectivity index (χ0n) is 35.3. The molecule has 0 saturated heterocycles. The van der Waals surface area contributed by atoms with Crippen molar-refractivity contribution in [2.24, 2.45) is 0 Å². The van der Waals surface area contributed by atoms with E-state index >= 15 is 0 Å². The van der Waals surface area contributed by atoms with Crippen molar-refractivity contribution in [2.45, 2.75) is 0 Å². The van der Waals surface area contributed by atoms with Gasteiger partial charge >= 0.3 is 0 Å². The molecule has 0 spiro atoms. The third kappa shape index (κ3) is 7.11. The van der Waals surface area contributed by atoms with Crippen LogP contribution < -0.4 is 0 Å². The van der Waals surface area contributed by atoms with Crippen molar-refractivity contribution < 1.29 is 0 Å². The van der Waals surface area contributed by atoms with E-state index in [-0.39, 0.29) is 0 Å². The maximum absolute atomic E-state index is 5.07. The maximum Gasteiger partial charge on any atom is 0.164 e. The van der Waals surface area contributed by atoms with Gasteiger partial charge in [-0.3, -0.25) is 4.57 Å². The van der Waals surface area contributed by atoms with E-state index in [1.165, 1.54) is 38.2 Å². The van der Waals surface area contributed by atoms with Crippen LogP contribution in [0.15, 0.2) is 237 Å². The molecule has 0 atom stereocenters. The zero-order chi connectivity index (χ0) is 43.1. The molecule has 2 heterocycles. The second-order valence-electron chi connectivity index (χ2n) is 16.3. The minimum absolute atomic E-state index is 0.643. The van der Waals surface area contributed by atoms with Crippen LogP contribution in [0.5, 0.6) is 0 Å². The lowest BCUT2D eigenvalue weighted by molar-refractivity contribution is 1.07. The molecule has 10 aromatic carbocycles. The number of benzene rings is 10. The summed E-state index contributed by atoms with van der Waals surface area (Å²) in [5.41, 5.74) is 14.1. The first kappa shape index (κ1) is 37.9. The van der Waals surface area contributed by atoms with Gasteiger partial charge in [-0.2, -0.15) is 0 Å². The van der Waals surface area contributed by atoms with E-state index in [1.54, 1.807) is 0 Å². The van der Waals surface area contributed by atoms with Gasteiger partial charge < -0.3 is 0 Å². The topological polar surface area (TPSA) is 56.5 Å². The molecule has 0 amide bonds. The highest BCUT2D eigenvalue weighted by atomic mass is 15.1. The molecule has 0 aliphatic heterocycles. The maximum atomic E-state index is 5.07. The fourth-order valence-electron chi connectivity index (χ4n) is 9.02. The van der Waals surface area contributed by atoms with E-state index in [2.05, 4.69) is 168 Å². The summed E-state index contributed by atoms with van der Waals surface area (Å²) in [5.74, 6) is 2.88. The molecule has 5 nitrogen and oxygen atoms in total. The lowest BCUT2D eigenvalue weighted by Gasteiger charge is -2.13. The molecule has 2 aromatic heterocycles. The van der Waals surface area contributed by atoms with Crippen LogP contribution in [0.4, 0.5) is 0 Å². The van der Waals surface area contributed by atoms with Crippen LogP contribution in [0.25, 0.3) is 117 Å². The van der Waals surface area contributed by atoms with E-state index in [1.807, 2.05) is 72.8 Å². The largest absolute Gasteiger partial charge is 0.292 e. The van der Waals surface area contributed by atoms with Crippen molar-refractivity contribution >= 4 is 32.6 Å². The molecule has 0 unspecified atom stereocenters. The van der Waals surface area contributed by atoms with E-state index in [4.69, 9.17) is 19.9 Å². The van der Waals surface area contributed by atoms with Gasteiger partial charge in [0.05, 0.1) is 11.0 Å². The number of hydrogen-bond donors (Lipinski definition) is 0. The summed E-state index contributed by atoms with van der Waals surface area (Å²) in [4.78, 5) is 19.8. The molecular formula is C60H39N5. The number of rotatable bonds is 8. The molecule has 12 aromatic rings. The second-order valence-corrected chi connectivity index (χ2v) is 16.3. The number of nitrogens with zero attached hydrogens (tertiary/aromatic N) is 5. The van der Waals surface area contributed by atoms with Crippen LogP contribution >= 0.6 is 0 Å². The van der Waals surface area contributed by atoms with Crippen LogP contribution in [0.1, 0.15) is 0 Å². The van der Waals surface area contributed by atoms with Crippen LogP contribution in [-0.4, -0.2) is 24.5 Å². The molecule has 304 valence electrons. The molecule has 0 aliphatic carbocycles. The number of para-hydroxylation sites is 3. The van der Waals surface area contributed by atoms with Crippen molar-refractivity contribution in [1.82, 2.24) is 24.5 Å². The number of imidazole rings is 1. The summed E-state index contributed by atoms with van der Waals surface area (Å²) in [6, 6.07) is 83.1. The molecule has 65 heavy (non-hydrogen) atoms. The predicted molar refractivity (Wildman–Crippen MR) is 268 cm³/mol. The van der Waals surface area contributed by atoms with E-state index in [0.717, 1.165) is 61.5 Å². The Hall–Kier alpha value is -8.80. The fraction of sp³-hybridized carbons (Fsp3) is 0. The lowest BCUT2D eigenvalue weighted by Crippen LogP contribution is -2.00. The Balaban J connectivity index is 0.837. The van der Waals surface area contributed by atoms with Crippen LogP contribution in [0, 0.1) is 0 Å². The molecule has 0 bridgehead atoms. The Morgan fingerprint density at radius 1 is 0.277 bits per heavy atom. The molecule has 0 saturated carbocycles. The SMILES string of the molecule is c1ccc(-c2nc(-c3ccccc3)nc(-c3ccc(-c4ccc5c(-c6cccc7cc(-c8ccc(-c9nc%10ccccc%10n9-c9ccccc9)cc8)ccc67)cccc5c4)cc3)n2)cc1. The Morgan fingerprint density at radius 2 is 0.692 bits per heavy atom. The molecule has 0 fully saturated rings. The van der Waals surface area contributed by atoms with Gasteiger partial charge in [-0.1, -0.05) is 200 Å². The van der Waals surface area contributed by atoms with E-state index in [9.17, 15) is 0 Å². The van der Waals surface area contributed by atoms with Gasteiger partial charge in [0.1, 0.15) is 5.82 Å². The van der Waals surface area contributed by atoms with Gasteiger partial charge in [0.2, 0.25) is 0 Å². The zero-order valence-corrected chi connectivity index (χ0v) is 35.3. The average Bonchev–Trinajstić information content (AvgIpc) is 3.78. The molecule has 0 N–H and O–H groups in total. The Kier molecular flexibility index (Phi) is 9.42. The van der Waals surface area contributed by atoms with Crippen molar-refractivity contribution in [3.63, 3.8) is 0 Å². The third-order valence-electron chi connectivity index (χ3n) is 12.3. The Morgan fingerprint density at radius 3 is 1.22 bits per heavy atom. The summed E-state index contributed by atoms with van der Waals surface area (Å²) in [5, 5.41) is 4.83. The molecular weight excluding hydrogens is 791 g/mol. The van der Waals surface area contributed by atoms with Gasteiger partial charge in [-0.15, -0.1) is 0 Å². The summed E-state index contributed by atoms with van der Waals surface area (Å²) in [6.07, 6.45) is 0. The quantitative estimate of drug-likeness (QED) is 0.153. The first-order valence-corrected chi connectivity index (χ1v) is 21.9. The highest BCUT2D eigenvalue weighted by molar-refractivity contribution is 6.07. The van der Waals surface area contributed by atoms with Gasteiger partial charge in [0.25, 0.3) is 0 Å². The summed E-state index contributed by atoms with van der Waals surface area (Å²) < 4.78 is 2.25. The Bertz CT molecular complexity index is 3620. The predicted octanol–water partition coefficient (Wildman–Crippen LogP) is 15.2. The van der Waals surface area contributed by atoms with Gasteiger partial charge in [0, 0.05) is 27.9 Å². The summed E-state index contributed by atoms with van der Waals surface area (Å²) in [6.45, 7) is 0. The van der Waals surface area contributed by atoms with Gasteiger partial charge in [-0.05, 0) is 91.3 Å². The summed E-state index contributed by atoms with van der Waals surface area (Å²) >= 11 is 0. The smallest absolute Gasteiger partial charge is 0.164 e. The van der Waals surface area contributed by atoms with Crippen molar-refractivity contribution in [1.29, 1.82) is 0 Å². The standard InChI is InChI=1S/C60H39N5/c1-4-14-42(15-5-1)57-62-58(43-16-6-2-7-17-43)64-59(63-57)44-30-26-40(27-31-44)46-34-36-51-48(38-46)18-12-22-53(51)54-23-13-19-49-39-47(35-37-52(49)54)41-28-32-45(33-29-41)60-61-55-24-10-11-25-56(55)65(60)50-20-8-3-9-21-50/h1-39H. The molecule has 12 rings (SSSR count). The second kappa shape index (κ2) is 16.2. The van der Waals surface area contributed by atoms with E-state index in [0.29, 0.717) is 17.5 Å². The molecule has 0 aliphatic rings. The highest BCUT2D eigenvalue weighted by Crippen LogP contribution is 2.38. The van der Waals surface area contributed by atoms with Gasteiger partial charge in [-0.25, -0.2) is 19.9 Å². The van der Waals surface area contributed by atoms with Crippen LogP contribution in [0.2, 0.25) is 0 Å². The molecule has 5 heteroatoms. The minimum atomic E-state index is 0.643. The van der Waals surface area contributed by atoms with Crippen LogP contribution in [0.3, 0.4) is 0 Å². The van der Waals surface area contributed by atoms with Crippen molar-refractivity contribution in [3.8, 4) is 84.6 Å². The first-order valence-electron chi connectivity index (χ1n) is 21.9. The van der Waals surface area contributed by atoms with Crippen LogP contribution in [-0.2, 0) is 0 Å². The monoisotopic (exact) mass is 829 g/mol. The normalized spacial score (nSPS) is 11.4. The highest BCUT2D eigenvalue weighted by Gasteiger charge is 2.16. The Labute approximate surface area is 376 Å². The van der Waals surface area contributed by atoms with Crippen molar-refractivity contribution in [3.05, 3.63) is 237 Å². The summed E-state index contributed by atoms with van der Waals surface area (Å²) in [7, 11) is 0. The van der Waals surface area contributed by atoms with Crippen molar-refractivity contribution in [2.75, 3.05) is 0 Å². The minimum Gasteiger partial charge on any atom is -0.292 e. The van der Waals surface area contributed by atoms with Gasteiger partial charge in [0.15, 0.2) is 17.5 Å². The average molecular weight is 830 g/mol. The first-order chi connectivity index (χ1) is 32.2. The number of aromatic nitrogens is 5. The van der Waals surface area contributed by atoms with E-state index < -0.39 is 0 Å². The third-order valence-corrected chi connectivity index (χ3v) is 12.3. The fourth-order valence-corrected chi connectivity index (χ4v) is 9.02. The lowest BCUT2D eigenvalue weighted by atomic mass is 9.91.